The molecule has 274 valence electrons. The van der Waals surface area contributed by atoms with Crippen LogP contribution in [0.3, 0.4) is 0 Å². The molecule has 0 N–H and O–H groups in total. The summed E-state index contributed by atoms with van der Waals surface area (Å²) in [7, 11) is 0. The Bertz CT molecular complexity index is 3260. The number of hydrogen-bond donors (Lipinski definition) is 0. The standard InChI is InChI=1S/C53H37N5/c1-52(2)37-22-12-8-18-32(37)45-39(52)26-28-43-47(45)34-20-10-14-24-41(34)57(43)50-36(30-54)51(56-49(55-50)31-16-6-5-7-17-31)58-42-25-15-11-21-35(42)48-44(58)29-27-40-46(48)33-19-9-13-23-38(33)53(40,3)4/h5-29H,1-4H3. The molecule has 2 aliphatic rings. The third kappa shape index (κ3) is 4.09. The molecule has 10 aromatic rings. The molecule has 0 bridgehead atoms. The zero-order chi connectivity index (χ0) is 39.1. The molecule has 0 saturated carbocycles. The van der Waals surface area contributed by atoms with Gasteiger partial charge in [-0.2, -0.15) is 5.26 Å². The predicted molar refractivity (Wildman–Crippen MR) is 236 cm³/mol. The molecule has 0 fully saturated rings. The summed E-state index contributed by atoms with van der Waals surface area (Å²) in [4.78, 5) is 10.8. The van der Waals surface area contributed by atoms with Gasteiger partial charge in [0.15, 0.2) is 17.5 Å². The Balaban J connectivity index is 1.23. The number of fused-ring (bicyclic) bond motifs is 14. The van der Waals surface area contributed by atoms with E-state index in [4.69, 9.17) is 9.97 Å². The Labute approximate surface area is 336 Å². The molecular weight excluding hydrogens is 707 g/mol. The summed E-state index contributed by atoms with van der Waals surface area (Å²) in [6.45, 7) is 9.28. The topological polar surface area (TPSA) is 59.4 Å². The van der Waals surface area contributed by atoms with Gasteiger partial charge in [-0.1, -0.05) is 155 Å². The largest absolute Gasteiger partial charge is 0.292 e. The number of hydrogen-bond acceptors (Lipinski definition) is 3. The van der Waals surface area contributed by atoms with Crippen LogP contribution in [-0.4, -0.2) is 19.1 Å². The van der Waals surface area contributed by atoms with Crippen molar-refractivity contribution in [1.82, 2.24) is 19.1 Å². The summed E-state index contributed by atoms with van der Waals surface area (Å²) in [6, 6.07) is 56.5. The van der Waals surface area contributed by atoms with Gasteiger partial charge in [0.1, 0.15) is 11.6 Å². The molecule has 0 atom stereocenters. The molecule has 5 heteroatoms. The van der Waals surface area contributed by atoms with Crippen molar-refractivity contribution in [2.24, 2.45) is 0 Å². The smallest absolute Gasteiger partial charge is 0.164 e. The third-order valence-electron chi connectivity index (χ3n) is 13.2. The maximum absolute atomic E-state index is 11.5. The highest BCUT2D eigenvalue weighted by Crippen LogP contribution is 2.55. The second kappa shape index (κ2) is 11.4. The average molecular weight is 744 g/mol. The van der Waals surface area contributed by atoms with Crippen molar-refractivity contribution in [3.63, 3.8) is 0 Å². The summed E-state index contributed by atoms with van der Waals surface area (Å²) >= 11 is 0. The molecule has 7 aromatic carbocycles. The lowest BCUT2D eigenvalue weighted by Crippen LogP contribution is -2.15. The van der Waals surface area contributed by atoms with Crippen molar-refractivity contribution in [2.45, 2.75) is 38.5 Å². The van der Waals surface area contributed by atoms with Gasteiger partial charge in [-0.15, -0.1) is 0 Å². The van der Waals surface area contributed by atoms with Crippen molar-refractivity contribution in [3.8, 4) is 51.3 Å². The minimum Gasteiger partial charge on any atom is -0.292 e. The summed E-state index contributed by atoms with van der Waals surface area (Å²) in [5.41, 5.74) is 15.3. The third-order valence-corrected chi connectivity index (χ3v) is 13.2. The van der Waals surface area contributed by atoms with Crippen molar-refractivity contribution in [1.29, 1.82) is 5.26 Å². The van der Waals surface area contributed by atoms with Crippen LogP contribution in [0, 0.1) is 11.3 Å². The molecule has 0 radical (unpaired) electrons. The van der Waals surface area contributed by atoms with Gasteiger partial charge in [-0.25, -0.2) is 9.97 Å². The van der Waals surface area contributed by atoms with E-state index < -0.39 is 0 Å². The molecule has 3 heterocycles. The van der Waals surface area contributed by atoms with E-state index in [9.17, 15) is 5.26 Å². The molecule has 0 amide bonds. The minimum absolute atomic E-state index is 0.157. The number of benzene rings is 7. The van der Waals surface area contributed by atoms with Crippen molar-refractivity contribution < 1.29 is 0 Å². The lowest BCUT2D eigenvalue weighted by molar-refractivity contribution is 0.660. The minimum atomic E-state index is -0.157. The first-order valence-corrected chi connectivity index (χ1v) is 20.0. The van der Waals surface area contributed by atoms with Crippen LogP contribution >= 0.6 is 0 Å². The fourth-order valence-electron chi connectivity index (χ4n) is 10.5. The van der Waals surface area contributed by atoms with Crippen molar-refractivity contribution >= 4 is 43.6 Å². The Morgan fingerprint density at radius 3 is 1.36 bits per heavy atom. The summed E-state index contributed by atoms with van der Waals surface area (Å²) in [5.74, 6) is 1.67. The highest BCUT2D eigenvalue weighted by atomic mass is 15.2. The van der Waals surface area contributed by atoms with E-state index >= 15 is 0 Å². The summed E-state index contributed by atoms with van der Waals surface area (Å²) in [5, 5.41) is 16.1. The lowest BCUT2D eigenvalue weighted by Gasteiger charge is -2.21. The first-order valence-electron chi connectivity index (χ1n) is 20.0. The van der Waals surface area contributed by atoms with Crippen LogP contribution in [0.25, 0.3) is 88.9 Å². The maximum Gasteiger partial charge on any atom is 0.164 e. The molecule has 58 heavy (non-hydrogen) atoms. The molecule has 3 aromatic heterocycles. The Kier molecular flexibility index (Phi) is 6.47. The van der Waals surface area contributed by atoms with Crippen LogP contribution < -0.4 is 0 Å². The molecular formula is C53H37N5. The monoisotopic (exact) mass is 743 g/mol. The number of nitrogens with zero attached hydrogens (tertiary/aromatic N) is 5. The van der Waals surface area contributed by atoms with Gasteiger partial charge in [-0.05, 0) is 68.8 Å². The number of aromatic nitrogens is 4. The second-order valence-electron chi connectivity index (χ2n) is 16.9. The predicted octanol–water partition coefficient (Wildman–Crippen LogP) is 12.8. The van der Waals surface area contributed by atoms with E-state index in [0.717, 1.165) is 38.4 Å². The van der Waals surface area contributed by atoms with E-state index in [1.165, 1.54) is 55.3 Å². The zero-order valence-electron chi connectivity index (χ0n) is 32.7. The molecule has 0 aliphatic heterocycles. The van der Waals surface area contributed by atoms with Gasteiger partial charge in [-0.3, -0.25) is 9.13 Å². The van der Waals surface area contributed by atoms with Crippen LogP contribution in [0.1, 0.15) is 55.5 Å². The Morgan fingerprint density at radius 2 is 0.879 bits per heavy atom. The first-order chi connectivity index (χ1) is 28.3. The van der Waals surface area contributed by atoms with Crippen LogP contribution in [0.15, 0.2) is 152 Å². The molecule has 5 nitrogen and oxygen atoms in total. The van der Waals surface area contributed by atoms with Crippen LogP contribution in [0.5, 0.6) is 0 Å². The molecule has 0 spiro atoms. The van der Waals surface area contributed by atoms with E-state index in [0.29, 0.717) is 23.0 Å². The molecule has 12 rings (SSSR count). The number of para-hydroxylation sites is 2. The fraction of sp³-hybridized carbons (Fsp3) is 0.113. The Morgan fingerprint density at radius 1 is 0.448 bits per heavy atom. The Hall–Kier alpha value is -7.29. The highest BCUT2D eigenvalue weighted by Gasteiger charge is 2.39. The SMILES string of the molecule is CC1(C)c2ccccc2-c2c1ccc1c2c2ccccc2n1-c1nc(-c2ccccc2)nc(-n2c3ccccc3c3c4c(ccc32)C(C)(C)c2ccccc2-4)c1C#N. The van der Waals surface area contributed by atoms with E-state index in [2.05, 4.69) is 164 Å². The van der Waals surface area contributed by atoms with E-state index in [1.54, 1.807) is 0 Å². The van der Waals surface area contributed by atoms with Gasteiger partial charge in [0.25, 0.3) is 0 Å². The molecule has 0 unspecified atom stereocenters. The number of rotatable bonds is 3. The maximum atomic E-state index is 11.5. The van der Waals surface area contributed by atoms with Crippen molar-refractivity contribution in [3.05, 3.63) is 179 Å². The lowest BCUT2D eigenvalue weighted by atomic mass is 9.82. The van der Waals surface area contributed by atoms with E-state index in [1.807, 2.05) is 30.3 Å². The van der Waals surface area contributed by atoms with Crippen LogP contribution in [0.2, 0.25) is 0 Å². The van der Waals surface area contributed by atoms with Gasteiger partial charge in [0, 0.05) is 37.9 Å². The fourth-order valence-corrected chi connectivity index (χ4v) is 10.5. The molecule has 2 aliphatic carbocycles. The number of nitriles is 1. The first kappa shape index (κ1) is 32.9. The van der Waals surface area contributed by atoms with Gasteiger partial charge in [0.05, 0.1) is 22.1 Å². The zero-order valence-corrected chi connectivity index (χ0v) is 32.7. The van der Waals surface area contributed by atoms with Crippen LogP contribution in [-0.2, 0) is 10.8 Å². The second-order valence-corrected chi connectivity index (χ2v) is 16.9. The summed E-state index contributed by atoms with van der Waals surface area (Å²) < 4.78 is 4.42. The summed E-state index contributed by atoms with van der Waals surface area (Å²) in [6.07, 6.45) is 0. The van der Waals surface area contributed by atoms with Gasteiger partial charge in [0.2, 0.25) is 0 Å². The normalized spacial score (nSPS) is 14.5. The average Bonchev–Trinajstić information content (AvgIpc) is 3.92. The highest BCUT2D eigenvalue weighted by molar-refractivity contribution is 6.19. The van der Waals surface area contributed by atoms with E-state index in [-0.39, 0.29) is 10.8 Å². The quantitative estimate of drug-likeness (QED) is 0.181. The van der Waals surface area contributed by atoms with Gasteiger partial charge < -0.3 is 0 Å². The van der Waals surface area contributed by atoms with Crippen LogP contribution in [0.4, 0.5) is 0 Å². The van der Waals surface area contributed by atoms with Crippen molar-refractivity contribution in [2.75, 3.05) is 0 Å². The molecule has 0 saturated heterocycles. The van der Waals surface area contributed by atoms with Gasteiger partial charge >= 0.3 is 0 Å².